The van der Waals surface area contributed by atoms with Gasteiger partial charge in [0.2, 0.25) is 0 Å². The Labute approximate surface area is 203 Å². The van der Waals surface area contributed by atoms with Gasteiger partial charge in [-0.2, -0.15) is 0 Å². The molecule has 34 heavy (non-hydrogen) atoms. The number of anilines is 1. The van der Waals surface area contributed by atoms with E-state index in [0.717, 1.165) is 76.6 Å². The standard InChI is InChI=1S/C25H30ClFN6O/c26-18-3-4-20(19(27)9-18)31-7-5-24(6-8-31)12-32(13-24)23(34)33-14-25(15-33)10-17(11-25)22-28-21(29-30-22)16-1-2-16/h3-4,9,16-17H,1-2,5-8,10-15H2,(H,28,29,30). The van der Waals surface area contributed by atoms with Crippen LogP contribution in [-0.2, 0) is 0 Å². The van der Waals surface area contributed by atoms with Crippen molar-refractivity contribution in [3.63, 3.8) is 0 Å². The number of likely N-dealkylation sites (tertiary alicyclic amines) is 2. The monoisotopic (exact) mass is 484 g/mol. The number of aromatic amines is 1. The van der Waals surface area contributed by atoms with E-state index in [4.69, 9.17) is 11.6 Å². The molecule has 4 heterocycles. The minimum Gasteiger partial charge on any atom is -0.369 e. The zero-order valence-electron chi connectivity index (χ0n) is 19.3. The summed E-state index contributed by atoms with van der Waals surface area (Å²) in [7, 11) is 0. The van der Waals surface area contributed by atoms with E-state index in [0.29, 0.717) is 28.0 Å². The fourth-order valence-electron chi connectivity index (χ4n) is 6.72. The summed E-state index contributed by atoms with van der Waals surface area (Å²) in [6, 6.07) is 5.09. The van der Waals surface area contributed by atoms with Crippen LogP contribution in [0.2, 0.25) is 5.02 Å². The van der Waals surface area contributed by atoms with Crippen LogP contribution >= 0.6 is 11.6 Å². The summed E-state index contributed by atoms with van der Waals surface area (Å²) >= 11 is 5.89. The number of nitrogens with one attached hydrogen (secondary N) is 1. The van der Waals surface area contributed by atoms with Gasteiger partial charge in [0.15, 0.2) is 0 Å². The molecule has 2 spiro atoms. The number of rotatable bonds is 3. The van der Waals surface area contributed by atoms with Gasteiger partial charge in [-0.1, -0.05) is 11.6 Å². The van der Waals surface area contributed by atoms with Gasteiger partial charge < -0.3 is 19.7 Å². The third-order valence-corrected chi connectivity index (χ3v) is 9.19. The minimum atomic E-state index is -0.259. The summed E-state index contributed by atoms with van der Waals surface area (Å²) in [6.07, 6.45) is 6.66. The fourth-order valence-corrected chi connectivity index (χ4v) is 6.88. The highest BCUT2D eigenvalue weighted by molar-refractivity contribution is 6.30. The zero-order valence-corrected chi connectivity index (χ0v) is 20.0. The van der Waals surface area contributed by atoms with Crippen molar-refractivity contribution >= 4 is 23.3 Å². The second kappa shape index (κ2) is 7.33. The van der Waals surface area contributed by atoms with Crippen molar-refractivity contribution in [1.29, 1.82) is 0 Å². The fraction of sp³-hybridized carbons (Fsp3) is 0.640. The zero-order chi connectivity index (χ0) is 23.1. The number of H-pyrrole nitrogens is 1. The maximum Gasteiger partial charge on any atom is 0.320 e. The first-order valence-electron chi connectivity index (χ1n) is 12.6. The van der Waals surface area contributed by atoms with E-state index in [-0.39, 0.29) is 17.3 Å². The summed E-state index contributed by atoms with van der Waals surface area (Å²) in [5.41, 5.74) is 1.12. The Kier molecular flexibility index (Phi) is 4.52. The average Bonchev–Trinajstić information content (AvgIpc) is 3.48. The van der Waals surface area contributed by atoms with Gasteiger partial charge in [-0.25, -0.2) is 9.18 Å². The Morgan fingerprint density at radius 2 is 1.59 bits per heavy atom. The Morgan fingerprint density at radius 3 is 2.21 bits per heavy atom. The van der Waals surface area contributed by atoms with Gasteiger partial charge >= 0.3 is 6.03 Å². The third kappa shape index (κ3) is 3.40. The number of piperidine rings is 1. The van der Waals surface area contributed by atoms with Crippen LogP contribution in [-0.4, -0.2) is 70.3 Å². The Balaban J connectivity index is 0.877. The molecule has 3 aliphatic heterocycles. The Hall–Kier alpha value is -2.35. The minimum absolute atomic E-state index is 0.196. The predicted octanol–water partition coefficient (Wildman–Crippen LogP) is 4.38. The first-order chi connectivity index (χ1) is 16.4. The molecule has 0 radical (unpaired) electrons. The van der Waals surface area contributed by atoms with E-state index in [1.165, 1.54) is 18.9 Å². The van der Waals surface area contributed by atoms with E-state index in [2.05, 4.69) is 20.1 Å². The van der Waals surface area contributed by atoms with Crippen LogP contribution in [0.3, 0.4) is 0 Å². The maximum atomic E-state index is 14.3. The van der Waals surface area contributed by atoms with Gasteiger partial charge in [0.25, 0.3) is 0 Å². The molecule has 5 aliphatic rings. The summed E-state index contributed by atoms with van der Waals surface area (Å²) in [5.74, 6) is 2.94. The number of amides is 2. The number of carbonyl (C=O) groups excluding carboxylic acids is 1. The molecule has 2 saturated carbocycles. The van der Waals surface area contributed by atoms with Gasteiger partial charge in [0, 0.05) is 67.0 Å². The third-order valence-electron chi connectivity index (χ3n) is 8.95. The van der Waals surface area contributed by atoms with Crippen molar-refractivity contribution in [2.75, 3.05) is 44.2 Å². The Bertz CT molecular complexity index is 1120. The lowest BCUT2D eigenvalue weighted by Crippen LogP contribution is -2.70. The van der Waals surface area contributed by atoms with Crippen LogP contribution in [0.15, 0.2) is 18.2 Å². The molecule has 2 aliphatic carbocycles. The van der Waals surface area contributed by atoms with E-state index in [9.17, 15) is 9.18 Å². The van der Waals surface area contributed by atoms with E-state index < -0.39 is 0 Å². The number of hydrogen-bond acceptors (Lipinski definition) is 4. The molecular formula is C25H30ClFN6O. The summed E-state index contributed by atoms with van der Waals surface area (Å²) in [5, 5.41) is 9.14. The van der Waals surface area contributed by atoms with Crippen molar-refractivity contribution in [3.05, 3.63) is 40.7 Å². The molecule has 7 nitrogen and oxygen atoms in total. The molecule has 9 heteroatoms. The van der Waals surface area contributed by atoms with Crippen LogP contribution < -0.4 is 4.90 Å². The smallest absolute Gasteiger partial charge is 0.320 e. The molecule has 0 atom stereocenters. The molecule has 180 valence electrons. The molecule has 0 bridgehead atoms. The second-order valence-electron chi connectivity index (χ2n) is 11.6. The highest BCUT2D eigenvalue weighted by Gasteiger charge is 2.57. The van der Waals surface area contributed by atoms with Crippen molar-refractivity contribution < 1.29 is 9.18 Å². The van der Waals surface area contributed by atoms with Crippen LogP contribution in [0, 0.1) is 16.6 Å². The molecule has 1 aromatic heterocycles. The predicted molar refractivity (Wildman–Crippen MR) is 127 cm³/mol. The quantitative estimate of drug-likeness (QED) is 0.702. The van der Waals surface area contributed by atoms with Crippen molar-refractivity contribution in [3.8, 4) is 0 Å². The number of halogens is 2. The molecule has 2 amide bonds. The van der Waals surface area contributed by atoms with Gasteiger partial charge in [-0.3, -0.25) is 0 Å². The van der Waals surface area contributed by atoms with E-state index in [1.54, 1.807) is 12.1 Å². The Morgan fingerprint density at radius 1 is 0.971 bits per heavy atom. The SMILES string of the molecule is O=C(N1CC2(CCN(c3ccc(Cl)cc3F)CC2)C1)N1CC2(CC(c3nnc(C4CC4)[nH]3)C2)C1. The van der Waals surface area contributed by atoms with Gasteiger partial charge in [-0.15, -0.1) is 10.2 Å². The molecule has 1 aromatic carbocycles. The second-order valence-corrected chi connectivity index (χ2v) is 12.0. The molecule has 5 fully saturated rings. The average molecular weight is 485 g/mol. The highest BCUT2D eigenvalue weighted by atomic mass is 35.5. The number of nitrogens with zero attached hydrogens (tertiary/aromatic N) is 5. The largest absolute Gasteiger partial charge is 0.369 e. The van der Waals surface area contributed by atoms with Crippen LogP contribution in [0.5, 0.6) is 0 Å². The first kappa shape index (κ1) is 21.0. The van der Waals surface area contributed by atoms with Crippen LogP contribution in [0.25, 0.3) is 0 Å². The number of benzene rings is 1. The molecule has 3 saturated heterocycles. The lowest BCUT2D eigenvalue weighted by Gasteiger charge is -2.61. The van der Waals surface area contributed by atoms with Gasteiger partial charge in [0.1, 0.15) is 17.5 Å². The van der Waals surface area contributed by atoms with Crippen LogP contribution in [0.4, 0.5) is 14.9 Å². The molecule has 1 N–H and O–H groups in total. The van der Waals surface area contributed by atoms with Gasteiger partial charge in [-0.05, 0) is 56.7 Å². The molecule has 0 unspecified atom stereocenters. The highest BCUT2D eigenvalue weighted by Crippen LogP contribution is 2.56. The normalized spacial score (nSPS) is 25.3. The van der Waals surface area contributed by atoms with Crippen molar-refractivity contribution in [1.82, 2.24) is 25.0 Å². The summed E-state index contributed by atoms with van der Waals surface area (Å²) in [6.45, 7) is 5.05. The number of urea groups is 1. The molecule has 2 aromatic rings. The number of hydrogen-bond donors (Lipinski definition) is 1. The molecule has 7 rings (SSSR count). The lowest BCUT2D eigenvalue weighted by atomic mass is 9.57. The summed E-state index contributed by atoms with van der Waals surface area (Å²) < 4.78 is 14.3. The van der Waals surface area contributed by atoms with E-state index in [1.807, 2.05) is 9.80 Å². The first-order valence-corrected chi connectivity index (χ1v) is 13.0. The van der Waals surface area contributed by atoms with Crippen molar-refractivity contribution in [2.45, 2.75) is 50.4 Å². The topological polar surface area (TPSA) is 68.4 Å². The number of aromatic nitrogens is 3. The maximum absolute atomic E-state index is 14.3. The summed E-state index contributed by atoms with van der Waals surface area (Å²) in [4.78, 5) is 22.6. The van der Waals surface area contributed by atoms with E-state index >= 15 is 0 Å². The van der Waals surface area contributed by atoms with Crippen molar-refractivity contribution in [2.24, 2.45) is 10.8 Å². The number of carbonyl (C=O) groups is 1. The molecular weight excluding hydrogens is 455 g/mol. The lowest BCUT2D eigenvalue weighted by molar-refractivity contribution is -0.0738. The van der Waals surface area contributed by atoms with Gasteiger partial charge in [0.05, 0.1) is 5.69 Å². The van der Waals surface area contributed by atoms with Crippen LogP contribution in [0.1, 0.15) is 62.0 Å².